The molecule has 1 aliphatic heterocycles. The second-order valence-corrected chi connectivity index (χ2v) is 7.24. The fourth-order valence-electron chi connectivity index (χ4n) is 2.73. The number of hydrogen-bond acceptors (Lipinski definition) is 11. The van der Waals surface area contributed by atoms with Crippen LogP contribution in [0.2, 0.25) is 0 Å². The minimum absolute atomic E-state index is 0.0615. The van der Waals surface area contributed by atoms with Crippen molar-refractivity contribution in [3.05, 3.63) is 12.7 Å². The molecule has 1 saturated heterocycles. The van der Waals surface area contributed by atoms with Gasteiger partial charge in [0.1, 0.15) is 36.4 Å². The third-order valence-electron chi connectivity index (χ3n) is 3.98. The molecule has 0 bridgehead atoms. The Kier molecular flexibility index (Phi) is 5.71. The van der Waals surface area contributed by atoms with Crippen molar-refractivity contribution < 1.29 is 34.0 Å². The summed E-state index contributed by atoms with van der Waals surface area (Å²) < 4.78 is 22.2. The van der Waals surface area contributed by atoms with Crippen molar-refractivity contribution in [2.75, 3.05) is 18.9 Å². The second-order valence-electron chi connectivity index (χ2n) is 5.85. The van der Waals surface area contributed by atoms with Gasteiger partial charge in [-0.25, -0.2) is 25.0 Å². The van der Waals surface area contributed by atoms with E-state index in [1.165, 1.54) is 17.2 Å². The number of aliphatic hydroxyl groups is 3. The lowest BCUT2D eigenvalue weighted by Crippen LogP contribution is -2.47. The van der Waals surface area contributed by atoms with Crippen LogP contribution in [0.1, 0.15) is 6.23 Å². The quantitative estimate of drug-likeness (QED) is 0.139. The monoisotopic (exact) mass is 405 g/mol. The molecule has 9 N–H and O–H groups in total. The van der Waals surface area contributed by atoms with Crippen LogP contribution >= 0.6 is 7.75 Å². The van der Waals surface area contributed by atoms with E-state index in [0.29, 0.717) is 5.52 Å². The maximum Gasteiger partial charge on any atom is 0.400 e. The van der Waals surface area contributed by atoms with Crippen LogP contribution in [0.3, 0.4) is 0 Å². The van der Waals surface area contributed by atoms with Crippen LogP contribution in [0, 0.1) is 0 Å². The summed E-state index contributed by atoms with van der Waals surface area (Å²) in [4.78, 5) is 20.7. The van der Waals surface area contributed by atoms with Gasteiger partial charge in [0.05, 0.1) is 12.9 Å². The van der Waals surface area contributed by atoms with Crippen molar-refractivity contribution in [2.24, 2.45) is 5.50 Å². The molecule has 0 saturated carbocycles. The van der Waals surface area contributed by atoms with E-state index in [1.807, 2.05) is 0 Å². The van der Waals surface area contributed by atoms with Gasteiger partial charge in [-0.2, -0.15) is 0 Å². The molecule has 3 rings (SSSR count). The predicted octanol–water partition coefficient (Wildman–Crippen LogP) is -2.99. The normalized spacial score (nSPS) is 29.1. The van der Waals surface area contributed by atoms with E-state index >= 15 is 0 Å². The van der Waals surface area contributed by atoms with Crippen LogP contribution in [-0.4, -0.2) is 77.4 Å². The highest BCUT2D eigenvalue weighted by atomic mass is 31.2. The van der Waals surface area contributed by atoms with Gasteiger partial charge in [-0.15, -0.1) is 0 Å². The van der Waals surface area contributed by atoms with Gasteiger partial charge < -0.3 is 30.7 Å². The minimum Gasteiger partial charge on any atom is -0.387 e. The highest BCUT2D eigenvalue weighted by molar-refractivity contribution is 7.50. The molecule has 0 amide bonds. The van der Waals surface area contributed by atoms with Crippen molar-refractivity contribution in [1.29, 1.82) is 0 Å². The van der Waals surface area contributed by atoms with E-state index in [9.17, 15) is 19.9 Å². The fraction of sp³-hybridized carbons (Fsp3) is 0.583. The molecule has 1 aliphatic rings. The molecule has 2 unspecified atom stereocenters. The van der Waals surface area contributed by atoms with Crippen LogP contribution in [0.5, 0.6) is 0 Å². The molecule has 0 radical (unpaired) electrons. The zero-order valence-electron chi connectivity index (χ0n) is 13.9. The summed E-state index contributed by atoms with van der Waals surface area (Å²) in [6.45, 7) is -0.327. The van der Waals surface area contributed by atoms with Crippen LogP contribution in [-0.2, 0) is 13.8 Å². The maximum atomic E-state index is 10.8. The van der Waals surface area contributed by atoms with Crippen molar-refractivity contribution in [1.82, 2.24) is 24.8 Å². The lowest BCUT2D eigenvalue weighted by atomic mass is 10.1. The number of nitrogens with two attached hydrogens (primary N) is 2. The third-order valence-corrected chi connectivity index (χ3v) is 4.53. The number of rotatable bonds is 7. The molecule has 27 heavy (non-hydrogen) atoms. The molecule has 15 heteroatoms. The van der Waals surface area contributed by atoms with E-state index in [4.69, 9.17) is 20.9 Å². The number of aliphatic hydroxyl groups excluding tert-OH is 3. The van der Waals surface area contributed by atoms with Crippen LogP contribution in [0.25, 0.3) is 11.2 Å². The van der Waals surface area contributed by atoms with Crippen molar-refractivity contribution in [3.8, 4) is 0 Å². The van der Waals surface area contributed by atoms with E-state index in [1.54, 1.807) is 0 Å². The first kappa shape index (κ1) is 20.0. The summed E-state index contributed by atoms with van der Waals surface area (Å²) in [6.07, 6.45) is -3.98. The standard InChI is InChI=1S/C12H20N7O7P/c13-9-5-10(17-3-16-9)19(4-18-5)12-7(21)6(20)8(26-12)11(22)15-1-2-25-27(14,23)24/h3-4,6-8,11-12,15,20-22H,1-2H2,(H2,13,16,17)(H3,14,23,24)/t6-,7+,8-,11?,12+/m0/s1. The molecule has 2 aromatic rings. The third kappa shape index (κ3) is 4.24. The first-order chi connectivity index (χ1) is 12.7. The highest BCUT2D eigenvalue weighted by Crippen LogP contribution is 2.33. The van der Waals surface area contributed by atoms with Gasteiger partial charge in [0.25, 0.3) is 0 Å². The number of nitrogens with one attached hydrogen (secondary N) is 1. The summed E-state index contributed by atoms with van der Waals surface area (Å²) in [5.41, 5.74) is 11.1. The summed E-state index contributed by atoms with van der Waals surface area (Å²) in [6, 6.07) is 0. The number of nitrogen functional groups attached to an aromatic ring is 1. The number of ether oxygens (including phenoxy) is 1. The first-order valence-electron chi connectivity index (χ1n) is 7.81. The Bertz CT molecular complexity index is 845. The van der Waals surface area contributed by atoms with E-state index in [2.05, 4.69) is 24.8 Å². The van der Waals surface area contributed by atoms with E-state index < -0.39 is 38.5 Å². The Morgan fingerprint density at radius 2 is 2.11 bits per heavy atom. The number of imidazole rings is 1. The Morgan fingerprint density at radius 1 is 1.37 bits per heavy atom. The molecule has 2 aromatic heterocycles. The maximum absolute atomic E-state index is 10.8. The number of aromatic nitrogens is 4. The van der Waals surface area contributed by atoms with Gasteiger partial charge in [0.15, 0.2) is 17.7 Å². The average molecular weight is 405 g/mol. The van der Waals surface area contributed by atoms with E-state index in [0.717, 1.165) is 0 Å². The van der Waals surface area contributed by atoms with Gasteiger partial charge in [0.2, 0.25) is 0 Å². The molecule has 0 aliphatic carbocycles. The van der Waals surface area contributed by atoms with Gasteiger partial charge in [-0.3, -0.25) is 14.4 Å². The highest BCUT2D eigenvalue weighted by Gasteiger charge is 2.47. The number of hydrogen-bond donors (Lipinski definition) is 7. The zero-order valence-corrected chi connectivity index (χ0v) is 14.8. The lowest BCUT2D eigenvalue weighted by molar-refractivity contribution is -0.0937. The summed E-state index contributed by atoms with van der Waals surface area (Å²) in [5.74, 6) is 0.145. The summed E-state index contributed by atoms with van der Waals surface area (Å²) in [5, 5.41) is 33.2. The van der Waals surface area contributed by atoms with Crippen molar-refractivity contribution in [2.45, 2.75) is 30.8 Å². The predicted molar refractivity (Wildman–Crippen MR) is 89.6 cm³/mol. The number of nitrogens with zero attached hydrogens (tertiary/aromatic N) is 4. The van der Waals surface area contributed by atoms with Crippen molar-refractivity contribution >= 4 is 24.7 Å². The Morgan fingerprint density at radius 3 is 2.81 bits per heavy atom. The zero-order chi connectivity index (χ0) is 19.8. The Hall–Kier alpha value is -1.74. The summed E-state index contributed by atoms with van der Waals surface area (Å²) >= 11 is 0. The number of anilines is 1. The van der Waals surface area contributed by atoms with Crippen LogP contribution < -0.4 is 16.6 Å². The van der Waals surface area contributed by atoms with Crippen molar-refractivity contribution in [3.63, 3.8) is 0 Å². The molecule has 3 heterocycles. The van der Waals surface area contributed by atoms with Crippen LogP contribution in [0.4, 0.5) is 5.82 Å². The van der Waals surface area contributed by atoms with Gasteiger partial charge in [0, 0.05) is 6.54 Å². The average Bonchev–Trinajstić information content (AvgIpc) is 3.14. The number of fused-ring (bicyclic) bond motifs is 1. The molecule has 0 spiro atoms. The van der Waals surface area contributed by atoms with Crippen LogP contribution in [0.15, 0.2) is 12.7 Å². The smallest absolute Gasteiger partial charge is 0.387 e. The molecule has 14 nitrogen and oxygen atoms in total. The molecule has 0 aromatic carbocycles. The lowest BCUT2D eigenvalue weighted by Gasteiger charge is -2.22. The first-order valence-corrected chi connectivity index (χ1v) is 9.45. The largest absolute Gasteiger partial charge is 0.400 e. The summed E-state index contributed by atoms with van der Waals surface area (Å²) in [7, 11) is -4.12. The van der Waals surface area contributed by atoms with E-state index in [-0.39, 0.29) is 24.6 Å². The molecule has 150 valence electrons. The molecule has 6 atom stereocenters. The molecular formula is C12H20N7O7P. The minimum atomic E-state index is -4.12. The molecular weight excluding hydrogens is 385 g/mol. The van der Waals surface area contributed by atoms with Gasteiger partial charge in [-0.05, 0) is 0 Å². The van der Waals surface area contributed by atoms with Gasteiger partial charge >= 0.3 is 7.75 Å². The molecule has 1 fully saturated rings. The Balaban J connectivity index is 1.68. The second kappa shape index (κ2) is 7.71. The Labute approximate surface area is 152 Å². The van der Waals surface area contributed by atoms with Gasteiger partial charge in [-0.1, -0.05) is 0 Å². The topological polar surface area (TPSA) is 224 Å². The SMILES string of the molecule is Nc1ncnc2c1ncn2[C@@H]1O[C@H](C(O)NCCOP(N)(=O)O)[C@@H](O)[C@H]1O. The fourth-order valence-corrected chi connectivity index (χ4v) is 3.08.